The summed E-state index contributed by atoms with van der Waals surface area (Å²) < 4.78 is 37.0. The average molecular weight is 251 g/mol. The second kappa shape index (κ2) is 4.12. The number of nitrogen functional groups attached to an aromatic ring is 1. The highest BCUT2D eigenvalue weighted by atomic mass is 32.2. The van der Waals surface area contributed by atoms with Gasteiger partial charge in [0.1, 0.15) is 5.03 Å². The van der Waals surface area contributed by atoms with Gasteiger partial charge in [0.2, 0.25) is 5.95 Å². The van der Waals surface area contributed by atoms with Gasteiger partial charge in [0.05, 0.1) is 0 Å². The van der Waals surface area contributed by atoms with Gasteiger partial charge in [0.15, 0.2) is 5.69 Å². The van der Waals surface area contributed by atoms with Crippen LogP contribution in [0.2, 0.25) is 0 Å². The molecule has 7 heteroatoms. The highest BCUT2D eigenvalue weighted by Gasteiger charge is 2.33. The molecule has 1 aromatic rings. The van der Waals surface area contributed by atoms with Gasteiger partial charge in [-0.25, -0.2) is 9.97 Å². The van der Waals surface area contributed by atoms with Gasteiger partial charge in [0.25, 0.3) is 0 Å². The van der Waals surface area contributed by atoms with Gasteiger partial charge in [-0.3, -0.25) is 0 Å². The summed E-state index contributed by atoms with van der Waals surface area (Å²) in [6.45, 7) is 5.63. The van der Waals surface area contributed by atoms with Crippen LogP contribution in [-0.2, 0) is 6.18 Å². The van der Waals surface area contributed by atoms with Crippen molar-refractivity contribution in [2.45, 2.75) is 36.7 Å². The molecule has 0 spiro atoms. The predicted molar refractivity (Wildman–Crippen MR) is 57.1 cm³/mol. The molecule has 0 atom stereocenters. The van der Waals surface area contributed by atoms with E-state index in [4.69, 9.17) is 5.73 Å². The molecule has 0 aliphatic heterocycles. The van der Waals surface area contributed by atoms with E-state index in [1.54, 1.807) is 0 Å². The lowest BCUT2D eigenvalue weighted by Crippen LogP contribution is -2.13. The number of anilines is 1. The molecule has 0 aliphatic carbocycles. The lowest BCUT2D eigenvalue weighted by atomic mass is 10.3. The van der Waals surface area contributed by atoms with Gasteiger partial charge in [-0.15, -0.1) is 11.8 Å². The summed E-state index contributed by atoms with van der Waals surface area (Å²) in [7, 11) is 0. The van der Waals surface area contributed by atoms with Crippen molar-refractivity contribution in [3.8, 4) is 0 Å². The van der Waals surface area contributed by atoms with Crippen molar-refractivity contribution in [1.29, 1.82) is 0 Å². The molecule has 0 saturated heterocycles. The lowest BCUT2D eigenvalue weighted by Gasteiger charge is -2.17. The molecule has 0 saturated carbocycles. The molecule has 0 aromatic carbocycles. The SMILES string of the molecule is CC(C)(C)Sc1cc(C(F)(F)F)nc(N)n1. The molecule has 90 valence electrons. The Labute approximate surface area is 95.7 Å². The van der Waals surface area contributed by atoms with Crippen LogP contribution >= 0.6 is 11.8 Å². The van der Waals surface area contributed by atoms with Crippen LogP contribution in [-0.4, -0.2) is 14.7 Å². The van der Waals surface area contributed by atoms with E-state index in [9.17, 15) is 13.2 Å². The Kier molecular flexibility index (Phi) is 3.37. The van der Waals surface area contributed by atoms with Gasteiger partial charge >= 0.3 is 6.18 Å². The van der Waals surface area contributed by atoms with Gasteiger partial charge in [0, 0.05) is 10.8 Å². The standard InChI is InChI=1S/C9H12F3N3S/c1-8(2,3)16-6-4-5(9(10,11)12)14-7(13)15-6/h4H,1-3H3,(H2,13,14,15). The van der Waals surface area contributed by atoms with Crippen LogP contribution in [0.5, 0.6) is 0 Å². The minimum absolute atomic E-state index is 0.229. The summed E-state index contributed by atoms with van der Waals surface area (Å²) in [5.41, 5.74) is 4.23. The van der Waals surface area contributed by atoms with Crippen molar-refractivity contribution in [2.75, 3.05) is 5.73 Å². The lowest BCUT2D eigenvalue weighted by molar-refractivity contribution is -0.141. The first-order valence-electron chi connectivity index (χ1n) is 4.49. The number of hydrogen-bond donors (Lipinski definition) is 1. The Hall–Kier alpha value is -0.980. The van der Waals surface area contributed by atoms with Gasteiger partial charge in [-0.05, 0) is 0 Å². The number of aromatic nitrogens is 2. The third-order valence-corrected chi connectivity index (χ3v) is 2.45. The number of hydrogen-bond acceptors (Lipinski definition) is 4. The van der Waals surface area contributed by atoms with Gasteiger partial charge < -0.3 is 5.73 Å². The highest BCUT2D eigenvalue weighted by molar-refractivity contribution is 8.00. The number of halogens is 3. The largest absolute Gasteiger partial charge is 0.433 e. The number of nitrogens with two attached hydrogens (primary N) is 1. The molecule has 0 fully saturated rings. The van der Waals surface area contributed by atoms with Crippen LogP contribution in [0.4, 0.5) is 19.1 Å². The molecule has 3 nitrogen and oxygen atoms in total. The van der Waals surface area contributed by atoms with Crippen molar-refractivity contribution < 1.29 is 13.2 Å². The zero-order valence-corrected chi connectivity index (χ0v) is 9.91. The summed E-state index contributed by atoms with van der Waals surface area (Å²) in [5.74, 6) is -0.360. The molecule has 2 N–H and O–H groups in total. The third kappa shape index (κ3) is 3.88. The van der Waals surface area contributed by atoms with E-state index < -0.39 is 11.9 Å². The van der Waals surface area contributed by atoms with Crippen molar-refractivity contribution in [3.63, 3.8) is 0 Å². The van der Waals surface area contributed by atoms with E-state index in [0.29, 0.717) is 0 Å². The smallest absolute Gasteiger partial charge is 0.368 e. The monoisotopic (exact) mass is 251 g/mol. The quantitative estimate of drug-likeness (QED) is 0.616. The Balaban J connectivity index is 3.09. The number of nitrogens with zero attached hydrogens (tertiary/aromatic N) is 2. The van der Waals surface area contributed by atoms with E-state index in [2.05, 4.69) is 9.97 Å². The molecule has 16 heavy (non-hydrogen) atoms. The maximum Gasteiger partial charge on any atom is 0.433 e. The summed E-state index contributed by atoms with van der Waals surface area (Å²) in [5, 5.41) is 0.229. The Morgan fingerprint density at radius 2 is 1.75 bits per heavy atom. The van der Waals surface area contributed by atoms with E-state index in [-0.39, 0.29) is 15.7 Å². The molecular formula is C9H12F3N3S. The predicted octanol–water partition coefficient (Wildman–Crippen LogP) is 2.97. The van der Waals surface area contributed by atoms with Crippen LogP contribution in [0.15, 0.2) is 11.1 Å². The summed E-state index contributed by atoms with van der Waals surface area (Å²) in [6.07, 6.45) is -4.50. The summed E-state index contributed by atoms with van der Waals surface area (Å²) in [4.78, 5) is 6.93. The minimum atomic E-state index is -4.50. The first-order chi connectivity index (χ1) is 7.08. The van der Waals surface area contributed by atoms with Crippen molar-refractivity contribution in [2.24, 2.45) is 0 Å². The van der Waals surface area contributed by atoms with Crippen molar-refractivity contribution in [3.05, 3.63) is 11.8 Å². The molecule has 0 aliphatic rings. The molecule has 0 bridgehead atoms. The molecule has 0 unspecified atom stereocenters. The Bertz CT molecular complexity index is 385. The molecule has 0 radical (unpaired) electrons. The average Bonchev–Trinajstić information content (AvgIpc) is 1.97. The molecule has 1 heterocycles. The van der Waals surface area contributed by atoms with Crippen molar-refractivity contribution in [1.82, 2.24) is 9.97 Å². The number of thioether (sulfide) groups is 1. The second-order valence-corrected chi connectivity index (χ2v) is 6.01. The fourth-order valence-corrected chi connectivity index (χ4v) is 1.89. The normalized spacial score (nSPS) is 12.9. The molecule has 1 aromatic heterocycles. The maximum atomic E-state index is 12.4. The second-order valence-electron chi connectivity index (χ2n) is 4.16. The molecule has 1 rings (SSSR count). The zero-order valence-electron chi connectivity index (χ0n) is 9.09. The fraction of sp³-hybridized carbons (Fsp3) is 0.556. The van der Waals surface area contributed by atoms with E-state index in [0.717, 1.165) is 6.07 Å². The van der Waals surface area contributed by atoms with Crippen molar-refractivity contribution >= 4 is 17.7 Å². The van der Waals surface area contributed by atoms with E-state index in [1.807, 2.05) is 20.8 Å². The summed E-state index contributed by atoms with van der Waals surface area (Å²) >= 11 is 1.21. The Morgan fingerprint density at radius 3 is 2.19 bits per heavy atom. The Morgan fingerprint density at radius 1 is 1.19 bits per heavy atom. The van der Waals surface area contributed by atoms with E-state index in [1.165, 1.54) is 11.8 Å². The maximum absolute atomic E-state index is 12.4. The first kappa shape index (κ1) is 13.1. The van der Waals surface area contributed by atoms with Gasteiger partial charge in [-0.2, -0.15) is 13.2 Å². The molecule has 0 amide bonds. The number of rotatable bonds is 1. The van der Waals surface area contributed by atoms with Gasteiger partial charge in [-0.1, -0.05) is 20.8 Å². The fourth-order valence-electron chi connectivity index (χ4n) is 0.954. The first-order valence-corrected chi connectivity index (χ1v) is 5.30. The topological polar surface area (TPSA) is 51.8 Å². The summed E-state index contributed by atoms with van der Waals surface area (Å²) in [6, 6.07) is 0.909. The minimum Gasteiger partial charge on any atom is -0.368 e. The van der Waals surface area contributed by atoms with Crippen LogP contribution in [0, 0.1) is 0 Å². The van der Waals surface area contributed by atoms with Crippen LogP contribution in [0.25, 0.3) is 0 Å². The zero-order chi connectivity index (χ0) is 12.6. The number of alkyl halides is 3. The van der Waals surface area contributed by atoms with Crippen LogP contribution in [0.3, 0.4) is 0 Å². The molecular weight excluding hydrogens is 239 g/mol. The highest BCUT2D eigenvalue weighted by Crippen LogP contribution is 2.34. The van der Waals surface area contributed by atoms with Crippen LogP contribution in [0.1, 0.15) is 26.5 Å². The van der Waals surface area contributed by atoms with E-state index >= 15 is 0 Å². The third-order valence-electron chi connectivity index (χ3n) is 1.42. The van der Waals surface area contributed by atoms with Crippen LogP contribution < -0.4 is 5.73 Å².